The Morgan fingerprint density at radius 3 is 1.33 bits per heavy atom. The fraction of sp³-hybridized carbons (Fsp3) is 1.00. The lowest BCUT2D eigenvalue weighted by atomic mass is 10.5. The molecular formula is C6H19ClN4O4. The van der Waals surface area contributed by atoms with Gasteiger partial charge in [-0.3, -0.25) is 0 Å². The van der Waals surface area contributed by atoms with Gasteiger partial charge in [-0.05, 0) is 0 Å². The molecule has 0 aliphatic heterocycles. The zero-order chi connectivity index (χ0) is 12.2. The van der Waals surface area contributed by atoms with Crippen molar-refractivity contribution in [3.63, 3.8) is 0 Å². The summed E-state index contributed by atoms with van der Waals surface area (Å²) in [6, 6.07) is 0. The Bertz CT molecular complexity index is 110. The Morgan fingerprint density at radius 2 is 1.13 bits per heavy atom. The monoisotopic (exact) mass is 246 g/mol. The fourth-order valence-corrected chi connectivity index (χ4v) is 0.631. The highest BCUT2D eigenvalue weighted by molar-refractivity contribution is 4.51. The summed E-state index contributed by atoms with van der Waals surface area (Å²) in [5.74, 6) is 0. The number of rotatable bonds is 7. The largest absolute Gasteiger partial charge is 0.329 e. The first-order valence-corrected chi connectivity index (χ1v) is 5.63. The van der Waals surface area contributed by atoms with Gasteiger partial charge in [-0.1, -0.05) is 0 Å². The topological polar surface area (TPSA) is 166 Å². The average molecular weight is 247 g/mol. The van der Waals surface area contributed by atoms with Gasteiger partial charge < -0.3 is 22.1 Å². The number of hydrogen-bond acceptors (Lipinski definition) is 8. The highest BCUT2D eigenvalue weighted by atomic mass is 35.7. The van der Waals surface area contributed by atoms with Crippen molar-refractivity contribution in [2.75, 3.05) is 39.3 Å². The van der Waals surface area contributed by atoms with Crippen molar-refractivity contribution in [1.29, 1.82) is 0 Å². The highest BCUT2D eigenvalue weighted by Crippen LogP contribution is 1.61. The van der Waals surface area contributed by atoms with Crippen LogP contribution in [0.25, 0.3) is 0 Å². The Balaban J connectivity index is 0. The molecule has 15 heavy (non-hydrogen) atoms. The van der Waals surface area contributed by atoms with Crippen molar-refractivity contribution < 1.29 is 28.9 Å². The van der Waals surface area contributed by atoms with Crippen LogP contribution in [0, 0.1) is 10.2 Å². The number of hydrogen-bond donors (Lipinski definition) is 5. The molecule has 7 N–H and O–H groups in total. The van der Waals surface area contributed by atoms with E-state index in [1.807, 2.05) is 0 Å². The minimum atomic E-state index is -4.69. The molecule has 0 heterocycles. The third-order valence-corrected chi connectivity index (χ3v) is 1.12. The molecule has 0 unspecified atom stereocenters. The zero-order valence-corrected chi connectivity index (χ0v) is 9.20. The molecule has 0 amide bonds. The van der Waals surface area contributed by atoms with E-state index in [1.165, 1.54) is 0 Å². The first-order valence-electron chi connectivity index (χ1n) is 4.36. The SMILES string of the molecule is NCCNCCNCCN.[O-][Cl+3]([O-])([O-])O. The Hall–Kier alpha value is -0.0300. The second kappa shape index (κ2) is 12.0. The van der Waals surface area contributed by atoms with Crippen molar-refractivity contribution in [3.8, 4) is 0 Å². The molecule has 0 fully saturated rings. The van der Waals surface area contributed by atoms with Gasteiger partial charge in [-0.25, -0.2) is 0 Å². The minimum absolute atomic E-state index is 0.705. The molecule has 94 valence electrons. The summed E-state index contributed by atoms with van der Waals surface area (Å²) in [5.41, 5.74) is 10.5. The van der Waals surface area contributed by atoms with Crippen LogP contribution in [0.4, 0.5) is 0 Å². The van der Waals surface area contributed by atoms with Crippen LogP contribution in [0.3, 0.4) is 0 Å². The van der Waals surface area contributed by atoms with E-state index in [-0.39, 0.29) is 0 Å². The molecule has 9 heteroatoms. The van der Waals surface area contributed by atoms with E-state index in [0.717, 1.165) is 26.2 Å². The van der Waals surface area contributed by atoms with E-state index in [2.05, 4.69) is 10.6 Å². The molecule has 0 spiro atoms. The predicted molar refractivity (Wildman–Crippen MR) is 46.1 cm³/mol. The quantitative estimate of drug-likeness (QED) is 0.277. The van der Waals surface area contributed by atoms with Crippen molar-refractivity contribution in [1.82, 2.24) is 10.6 Å². The maximum Gasteiger partial charge on any atom is 0.0777 e. The van der Waals surface area contributed by atoms with Crippen molar-refractivity contribution in [2.45, 2.75) is 0 Å². The van der Waals surface area contributed by atoms with Gasteiger partial charge in [0.2, 0.25) is 0 Å². The van der Waals surface area contributed by atoms with Crippen LogP contribution in [-0.4, -0.2) is 43.9 Å². The average Bonchev–Trinajstić information content (AvgIpc) is 2.08. The lowest BCUT2D eigenvalue weighted by molar-refractivity contribution is -1.92. The van der Waals surface area contributed by atoms with Gasteiger partial charge >= 0.3 is 0 Å². The summed E-state index contributed by atoms with van der Waals surface area (Å²) in [6.45, 7) is 5.14. The smallest absolute Gasteiger partial charge is 0.0777 e. The maximum absolute atomic E-state index is 8.60. The molecule has 0 radical (unpaired) electrons. The van der Waals surface area contributed by atoms with E-state index in [0.29, 0.717) is 13.1 Å². The molecular weight excluding hydrogens is 228 g/mol. The molecule has 0 rings (SSSR count). The van der Waals surface area contributed by atoms with Gasteiger partial charge in [-0.2, -0.15) is 14.0 Å². The van der Waals surface area contributed by atoms with E-state index in [1.54, 1.807) is 0 Å². The summed E-state index contributed by atoms with van der Waals surface area (Å²) in [5, 5.41) is 6.33. The molecule has 0 bridgehead atoms. The van der Waals surface area contributed by atoms with Crippen LogP contribution in [0.2, 0.25) is 0 Å². The lowest BCUT2D eigenvalue weighted by Gasteiger charge is -2.03. The molecule has 0 aromatic rings. The third-order valence-electron chi connectivity index (χ3n) is 1.12. The summed E-state index contributed by atoms with van der Waals surface area (Å²) in [7, 11) is -4.69. The molecule has 0 saturated heterocycles. The van der Waals surface area contributed by atoms with Gasteiger partial charge in [-0.15, -0.1) is 0 Å². The summed E-state index contributed by atoms with van der Waals surface area (Å²) in [6.07, 6.45) is 0. The van der Waals surface area contributed by atoms with Crippen LogP contribution in [0.15, 0.2) is 0 Å². The summed E-state index contributed by atoms with van der Waals surface area (Å²) >= 11 is 0. The molecule has 0 aromatic heterocycles. The molecule has 0 aliphatic rings. The van der Waals surface area contributed by atoms with E-state index >= 15 is 0 Å². The predicted octanol–water partition coefficient (Wildman–Crippen LogP) is -6.04. The second-order valence-electron chi connectivity index (χ2n) is 2.47. The Morgan fingerprint density at radius 1 is 0.867 bits per heavy atom. The molecule has 8 nitrogen and oxygen atoms in total. The molecule has 0 saturated carbocycles. The van der Waals surface area contributed by atoms with Crippen LogP contribution in [0.5, 0.6) is 0 Å². The molecule has 0 atom stereocenters. The van der Waals surface area contributed by atoms with Crippen molar-refractivity contribution in [2.24, 2.45) is 11.5 Å². The second-order valence-corrected chi connectivity index (χ2v) is 3.27. The van der Waals surface area contributed by atoms with Crippen LogP contribution < -0.4 is 36.1 Å². The Kier molecular flexibility index (Phi) is 13.9. The fourth-order valence-electron chi connectivity index (χ4n) is 0.631. The number of nitrogens with one attached hydrogen (secondary N) is 2. The number of nitrogens with two attached hydrogens (primary N) is 2. The zero-order valence-electron chi connectivity index (χ0n) is 8.45. The molecule has 0 aromatic carbocycles. The normalized spacial score (nSPS) is 10.8. The maximum atomic E-state index is 8.60. The number of halogens is 1. The summed E-state index contributed by atoms with van der Waals surface area (Å²) in [4.78, 5) is 0. The van der Waals surface area contributed by atoms with E-state index in [9.17, 15) is 0 Å². The lowest BCUT2D eigenvalue weighted by Crippen LogP contribution is -2.58. The Labute approximate surface area is 91.0 Å². The van der Waals surface area contributed by atoms with Crippen LogP contribution in [0.1, 0.15) is 0 Å². The van der Waals surface area contributed by atoms with Gasteiger partial charge in [0, 0.05) is 39.3 Å². The van der Waals surface area contributed by atoms with Crippen LogP contribution in [-0.2, 0) is 0 Å². The molecule has 0 aliphatic carbocycles. The van der Waals surface area contributed by atoms with Gasteiger partial charge in [0.15, 0.2) is 0 Å². The van der Waals surface area contributed by atoms with Gasteiger partial charge in [0.25, 0.3) is 0 Å². The highest BCUT2D eigenvalue weighted by Gasteiger charge is 1.98. The van der Waals surface area contributed by atoms with Crippen molar-refractivity contribution >= 4 is 0 Å². The van der Waals surface area contributed by atoms with E-state index < -0.39 is 10.2 Å². The van der Waals surface area contributed by atoms with Crippen LogP contribution >= 0.6 is 0 Å². The summed E-state index contributed by atoms with van der Waals surface area (Å²) < 4.78 is 32.7. The van der Waals surface area contributed by atoms with Crippen molar-refractivity contribution in [3.05, 3.63) is 0 Å². The standard InChI is InChI=1S/C6H18N4.ClHO4/c7-1-3-9-5-6-10-4-2-8;2-1(3,4)5/h9-10H,1-8H2;(H,2,3,4,5). The first-order chi connectivity index (χ1) is 6.91. The first kappa shape index (κ1) is 17.4. The minimum Gasteiger partial charge on any atom is -0.329 e. The third kappa shape index (κ3) is 41.2. The van der Waals surface area contributed by atoms with E-state index in [4.69, 9.17) is 30.1 Å². The van der Waals surface area contributed by atoms with Gasteiger partial charge in [0.1, 0.15) is 0 Å². The van der Waals surface area contributed by atoms with Gasteiger partial charge in [0.05, 0.1) is 14.9 Å².